The van der Waals surface area contributed by atoms with E-state index in [1.54, 1.807) is 18.3 Å². The third kappa shape index (κ3) is 3.49. The van der Waals surface area contributed by atoms with Gasteiger partial charge in [0.05, 0.1) is 11.4 Å². The molecule has 4 heterocycles. The predicted molar refractivity (Wildman–Crippen MR) is 115 cm³/mol. The molecule has 7 heteroatoms. The standard InChI is InChI=1S/C23H26N6O/c1-15-4-5-17-8-16(9-19(17)26-15)11-28-12-23(2,3)13-29-21(30)10-20(27-22(28)29)18-6-7-24-14-25-18/h4-7,10,14,16H,8-9,11-13H2,1-3H3/t16-/m1/s1. The smallest absolute Gasteiger partial charge is 0.255 e. The van der Waals surface area contributed by atoms with Gasteiger partial charge in [-0.15, -0.1) is 0 Å². The molecular weight excluding hydrogens is 376 g/mol. The number of pyridine rings is 1. The fourth-order valence-corrected chi connectivity index (χ4v) is 4.77. The lowest BCUT2D eigenvalue weighted by molar-refractivity contribution is 0.268. The first-order valence-corrected chi connectivity index (χ1v) is 10.5. The second-order valence-electron chi connectivity index (χ2n) is 9.34. The molecule has 1 atom stereocenters. The van der Waals surface area contributed by atoms with Gasteiger partial charge in [-0.25, -0.2) is 15.0 Å². The zero-order valence-corrected chi connectivity index (χ0v) is 17.7. The summed E-state index contributed by atoms with van der Waals surface area (Å²) in [6.07, 6.45) is 5.16. The van der Waals surface area contributed by atoms with E-state index in [4.69, 9.17) is 9.97 Å². The Balaban J connectivity index is 1.49. The highest BCUT2D eigenvalue weighted by Crippen LogP contribution is 2.33. The molecule has 1 aliphatic carbocycles. The number of fused-ring (bicyclic) bond motifs is 2. The molecule has 0 fully saturated rings. The Morgan fingerprint density at radius 1 is 1.10 bits per heavy atom. The molecule has 0 bridgehead atoms. The van der Waals surface area contributed by atoms with Crippen molar-refractivity contribution < 1.29 is 0 Å². The molecule has 0 radical (unpaired) electrons. The van der Waals surface area contributed by atoms with Gasteiger partial charge in [-0.2, -0.15) is 0 Å². The van der Waals surface area contributed by atoms with Gasteiger partial charge in [0.2, 0.25) is 5.95 Å². The Hall–Kier alpha value is -3.09. The maximum absolute atomic E-state index is 13.0. The van der Waals surface area contributed by atoms with Crippen molar-refractivity contribution >= 4 is 5.95 Å². The van der Waals surface area contributed by atoms with E-state index in [2.05, 4.69) is 40.8 Å². The molecule has 30 heavy (non-hydrogen) atoms. The molecular formula is C23H26N6O. The van der Waals surface area contributed by atoms with Gasteiger partial charge in [0.15, 0.2) is 0 Å². The van der Waals surface area contributed by atoms with Crippen LogP contribution in [0.4, 0.5) is 5.95 Å². The molecule has 3 aromatic rings. The van der Waals surface area contributed by atoms with Crippen LogP contribution in [-0.2, 0) is 19.4 Å². The molecule has 3 aromatic heterocycles. The zero-order valence-electron chi connectivity index (χ0n) is 17.7. The molecule has 154 valence electrons. The lowest BCUT2D eigenvalue weighted by Gasteiger charge is -2.41. The summed E-state index contributed by atoms with van der Waals surface area (Å²) in [7, 11) is 0. The second kappa shape index (κ2) is 7.00. The lowest BCUT2D eigenvalue weighted by atomic mass is 9.90. The molecule has 0 saturated carbocycles. The predicted octanol–water partition coefficient (Wildman–Crippen LogP) is 2.66. The summed E-state index contributed by atoms with van der Waals surface area (Å²) in [6, 6.07) is 7.68. The van der Waals surface area contributed by atoms with Gasteiger partial charge in [-0.3, -0.25) is 14.3 Å². The summed E-state index contributed by atoms with van der Waals surface area (Å²) in [4.78, 5) is 33.1. The van der Waals surface area contributed by atoms with Crippen LogP contribution in [0.25, 0.3) is 11.4 Å². The molecule has 5 rings (SSSR count). The topological polar surface area (TPSA) is 76.8 Å². The van der Waals surface area contributed by atoms with Crippen LogP contribution < -0.4 is 10.5 Å². The number of rotatable bonds is 3. The number of anilines is 1. The first kappa shape index (κ1) is 18.9. The van der Waals surface area contributed by atoms with Crippen molar-refractivity contribution in [2.75, 3.05) is 18.0 Å². The molecule has 0 unspecified atom stereocenters. The summed E-state index contributed by atoms with van der Waals surface area (Å²) in [5.41, 5.74) is 4.88. The highest BCUT2D eigenvalue weighted by Gasteiger charge is 2.35. The van der Waals surface area contributed by atoms with Crippen LogP contribution in [-0.4, -0.2) is 37.6 Å². The Bertz CT molecular complexity index is 1150. The Morgan fingerprint density at radius 3 is 2.77 bits per heavy atom. The van der Waals surface area contributed by atoms with E-state index in [0.717, 1.165) is 37.6 Å². The quantitative estimate of drug-likeness (QED) is 0.670. The molecule has 7 nitrogen and oxygen atoms in total. The minimum Gasteiger partial charge on any atom is -0.341 e. The van der Waals surface area contributed by atoms with Crippen molar-refractivity contribution in [3.05, 3.63) is 64.1 Å². The van der Waals surface area contributed by atoms with Gasteiger partial charge in [0, 0.05) is 48.7 Å². The van der Waals surface area contributed by atoms with E-state index < -0.39 is 0 Å². The number of aromatic nitrogens is 5. The molecule has 0 N–H and O–H groups in total. The van der Waals surface area contributed by atoms with Gasteiger partial charge < -0.3 is 4.90 Å². The van der Waals surface area contributed by atoms with Crippen molar-refractivity contribution in [3.63, 3.8) is 0 Å². The van der Waals surface area contributed by atoms with Crippen molar-refractivity contribution in [3.8, 4) is 11.4 Å². The van der Waals surface area contributed by atoms with E-state index in [1.165, 1.54) is 17.6 Å². The lowest BCUT2D eigenvalue weighted by Crippen LogP contribution is -2.49. The van der Waals surface area contributed by atoms with Crippen LogP contribution in [0.15, 0.2) is 41.6 Å². The van der Waals surface area contributed by atoms with E-state index in [-0.39, 0.29) is 11.0 Å². The second-order valence-corrected chi connectivity index (χ2v) is 9.34. The van der Waals surface area contributed by atoms with Crippen LogP contribution in [0.1, 0.15) is 30.8 Å². The highest BCUT2D eigenvalue weighted by atomic mass is 16.1. The summed E-state index contributed by atoms with van der Waals surface area (Å²) >= 11 is 0. The van der Waals surface area contributed by atoms with Gasteiger partial charge in [0.1, 0.15) is 6.33 Å². The van der Waals surface area contributed by atoms with E-state index >= 15 is 0 Å². The molecule has 0 amide bonds. The zero-order chi connectivity index (χ0) is 20.9. The van der Waals surface area contributed by atoms with E-state index in [1.807, 2.05) is 11.5 Å². The summed E-state index contributed by atoms with van der Waals surface area (Å²) in [5, 5.41) is 0. The van der Waals surface area contributed by atoms with Gasteiger partial charge >= 0.3 is 0 Å². The van der Waals surface area contributed by atoms with Gasteiger partial charge in [-0.1, -0.05) is 19.9 Å². The molecule has 2 aliphatic rings. The van der Waals surface area contributed by atoms with Crippen LogP contribution in [0, 0.1) is 18.3 Å². The third-order valence-corrected chi connectivity index (χ3v) is 6.00. The third-order valence-electron chi connectivity index (χ3n) is 6.00. The fourth-order valence-electron chi connectivity index (χ4n) is 4.77. The van der Waals surface area contributed by atoms with Crippen molar-refractivity contribution in [2.24, 2.45) is 11.3 Å². The average molecular weight is 403 g/mol. The molecule has 0 aromatic carbocycles. The number of nitrogens with zero attached hydrogens (tertiary/aromatic N) is 6. The van der Waals surface area contributed by atoms with Crippen LogP contribution in [0.2, 0.25) is 0 Å². The Morgan fingerprint density at radius 2 is 1.97 bits per heavy atom. The number of hydrogen-bond donors (Lipinski definition) is 0. The minimum atomic E-state index is -0.0293. The van der Waals surface area contributed by atoms with Crippen molar-refractivity contribution in [1.82, 2.24) is 24.5 Å². The van der Waals surface area contributed by atoms with Crippen LogP contribution in [0.3, 0.4) is 0 Å². The maximum atomic E-state index is 13.0. The van der Waals surface area contributed by atoms with Crippen molar-refractivity contribution in [2.45, 2.75) is 40.2 Å². The first-order valence-electron chi connectivity index (χ1n) is 10.5. The average Bonchev–Trinajstić information content (AvgIpc) is 3.10. The minimum absolute atomic E-state index is 0.00473. The fraction of sp³-hybridized carbons (Fsp3) is 0.435. The van der Waals surface area contributed by atoms with Crippen LogP contribution in [0.5, 0.6) is 0 Å². The van der Waals surface area contributed by atoms with Crippen LogP contribution >= 0.6 is 0 Å². The Labute approximate surface area is 175 Å². The van der Waals surface area contributed by atoms with E-state index in [0.29, 0.717) is 23.9 Å². The monoisotopic (exact) mass is 402 g/mol. The summed E-state index contributed by atoms with van der Waals surface area (Å²) in [6.45, 7) is 8.86. The maximum Gasteiger partial charge on any atom is 0.255 e. The SMILES string of the molecule is Cc1ccc2c(n1)C[C@H](CN1CC(C)(C)Cn3c1nc(-c1ccncn1)cc3=O)C2. The molecule has 1 aliphatic heterocycles. The van der Waals surface area contributed by atoms with Gasteiger partial charge in [-0.05, 0) is 43.4 Å². The largest absolute Gasteiger partial charge is 0.341 e. The van der Waals surface area contributed by atoms with E-state index in [9.17, 15) is 4.79 Å². The van der Waals surface area contributed by atoms with Gasteiger partial charge in [0.25, 0.3) is 5.56 Å². The number of hydrogen-bond acceptors (Lipinski definition) is 6. The number of aryl methyl sites for hydroxylation is 1. The molecule has 0 spiro atoms. The van der Waals surface area contributed by atoms with Crippen molar-refractivity contribution in [1.29, 1.82) is 0 Å². The first-order chi connectivity index (χ1) is 14.4. The normalized spacial score (nSPS) is 19.4. The summed E-state index contributed by atoms with van der Waals surface area (Å²) in [5.74, 6) is 1.21. The highest BCUT2D eigenvalue weighted by molar-refractivity contribution is 5.55. The molecule has 0 saturated heterocycles. The summed E-state index contributed by atoms with van der Waals surface area (Å²) < 4.78 is 1.82. The Kier molecular flexibility index (Phi) is 4.41.